The number of hydrogen-bond acceptors (Lipinski definition) is 3. The second-order valence-electron chi connectivity index (χ2n) is 5.29. The molecule has 1 saturated heterocycles. The Morgan fingerprint density at radius 1 is 1.40 bits per heavy atom. The standard InChI is InChI=1S/C15H20ClNO2S/c1-10(18)12-7-8-17(9-12)15(19)11(2)20-14-5-3-13(16)4-6-14/h3-6,10-12,18H,7-9H2,1-2H3. The zero-order chi connectivity index (χ0) is 14.7. The van der Waals surface area contributed by atoms with E-state index in [9.17, 15) is 9.90 Å². The fraction of sp³-hybridized carbons (Fsp3) is 0.533. The van der Waals surface area contributed by atoms with Crippen molar-refractivity contribution in [1.82, 2.24) is 4.90 Å². The zero-order valence-electron chi connectivity index (χ0n) is 11.8. The van der Waals surface area contributed by atoms with Crippen LogP contribution in [0.5, 0.6) is 0 Å². The lowest BCUT2D eigenvalue weighted by molar-refractivity contribution is -0.129. The number of aliphatic hydroxyl groups excluding tert-OH is 1. The maximum absolute atomic E-state index is 12.4. The van der Waals surface area contributed by atoms with Gasteiger partial charge in [0, 0.05) is 28.9 Å². The van der Waals surface area contributed by atoms with Crippen LogP contribution in [0, 0.1) is 5.92 Å². The number of benzene rings is 1. The average Bonchev–Trinajstić information content (AvgIpc) is 2.90. The Morgan fingerprint density at radius 3 is 2.60 bits per heavy atom. The summed E-state index contributed by atoms with van der Waals surface area (Å²) in [7, 11) is 0. The molecular weight excluding hydrogens is 294 g/mol. The molecule has 20 heavy (non-hydrogen) atoms. The molecule has 1 aromatic rings. The topological polar surface area (TPSA) is 40.5 Å². The molecule has 5 heteroatoms. The van der Waals surface area contributed by atoms with Crippen LogP contribution in [0.3, 0.4) is 0 Å². The minimum Gasteiger partial charge on any atom is -0.393 e. The monoisotopic (exact) mass is 313 g/mol. The molecule has 0 saturated carbocycles. The van der Waals surface area contributed by atoms with Gasteiger partial charge in [0.15, 0.2) is 0 Å². The molecule has 0 aromatic heterocycles. The Morgan fingerprint density at radius 2 is 2.05 bits per heavy atom. The quantitative estimate of drug-likeness (QED) is 0.869. The highest BCUT2D eigenvalue weighted by molar-refractivity contribution is 8.00. The largest absolute Gasteiger partial charge is 0.393 e. The molecule has 0 spiro atoms. The zero-order valence-corrected chi connectivity index (χ0v) is 13.3. The van der Waals surface area contributed by atoms with Gasteiger partial charge < -0.3 is 10.0 Å². The van der Waals surface area contributed by atoms with E-state index in [4.69, 9.17) is 11.6 Å². The van der Waals surface area contributed by atoms with Crippen molar-refractivity contribution < 1.29 is 9.90 Å². The van der Waals surface area contributed by atoms with Gasteiger partial charge in [0.2, 0.25) is 5.91 Å². The Bertz CT molecular complexity index is 463. The minimum absolute atomic E-state index is 0.121. The van der Waals surface area contributed by atoms with Gasteiger partial charge in [-0.1, -0.05) is 11.6 Å². The van der Waals surface area contributed by atoms with E-state index >= 15 is 0 Å². The minimum atomic E-state index is -0.341. The molecule has 1 aliphatic heterocycles. The summed E-state index contributed by atoms with van der Waals surface area (Å²) < 4.78 is 0. The van der Waals surface area contributed by atoms with E-state index in [1.54, 1.807) is 18.7 Å². The van der Waals surface area contributed by atoms with E-state index in [1.807, 2.05) is 36.1 Å². The third-order valence-electron chi connectivity index (χ3n) is 3.69. The van der Waals surface area contributed by atoms with Crippen LogP contribution in [0.15, 0.2) is 29.2 Å². The number of carbonyl (C=O) groups excluding carboxylic acids is 1. The summed E-state index contributed by atoms with van der Waals surface area (Å²) in [5.74, 6) is 0.361. The first-order valence-corrected chi connectivity index (χ1v) is 8.12. The van der Waals surface area contributed by atoms with Crippen LogP contribution in [0.4, 0.5) is 0 Å². The Hall–Kier alpha value is -0.710. The van der Waals surface area contributed by atoms with Gasteiger partial charge in [0.05, 0.1) is 11.4 Å². The number of halogens is 1. The van der Waals surface area contributed by atoms with Crippen LogP contribution in [0.1, 0.15) is 20.3 Å². The van der Waals surface area contributed by atoms with Gasteiger partial charge in [-0.2, -0.15) is 0 Å². The van der Waals surface area contributed by atoms with Crippen LogP contribution < -0.4 is 0 Å². The molecule has 1 aromatic carbocycles. The van der Waals surface area contributed by atoms with Crippen LogP contribution >= 0.6 is 23.4 Å². The van der Waals surface area contributed by atoms with E-state index in [0.29, 0.717) is 11.6 Å². The highest BCUT2D eigenvalue weighted by Gasteiger charge is 2.31. The van der Waals surface area contributed by atoms with Gasteiger partial charge in [-0.3, -0.25) is 4.79 Å². The average molecular weight is 314 g/mol. The van der Waals surface area contributed by atoms with E-state index in [1.165, 1.54) is 0 Å². The lowest BCUT2D eigenvalue weighted by atomic mass is 10.0. The van der Waals surface area contributed by atoms with Crippen molar-refractivity contribution in [3.63, 3.8) is 0 Å². The van der Waals surface area contributed by atoms with Crippen LogP contribution in [-0.4, -0.2) is 40.4 Å². The Kier molecular flexibility index (Phi) is 5.35. The van der Waals surface area contributed by atoms with Gasteiger partial charge >= 0.3 is 0 Å². The number of hydrogen-bond donors (Lipinski definition) is 1. The molecule has 1 heterocycles. The second-order valence-corrected chi connectivity index (χ2v) is 7.14. The first kappa shape index (κ1) is 15.7. The van der Waals surface area contributed by atoms with E-state index in [2.05, 4.69) is 0 Å². The number of carbonyl (C=O) groups is 1. The van der Waals surface area contributed by atoms with Gasteiger partial charge in [-0.15, -0.1) is 11.8 Å². The smallest absolute Gasteiger partial charge is 0.235 e. The lowest BCUT2D eigenvalue weighted by Crippen LogP contribution is -2.35. The molecule has 1 amide bonds. The van der Waals surface area contributed by atoms with Crippen molar-refractivity contribution in [3.05, 3.63) is 29.3 Å². The number of likely N-dealkylation sites (tertiary alicyclic amines) is 1. The molecule has 0 aliphatic carbocycles. The summed E-state index contributed by atoms with van der Waals surface area (Å²) in [6, 6.07) is 7.53. The van der Waals surface area contributed by atoms with Crippen molar-refractivity contribution in [1.29, 1.82) is 0 Å². The highest BCUT2D eigenvalue weighted by atomic mass is 35.5. The van der Waals surface area contributed by atoms with Crippen molar-refractivity contribution in [3.8, 4) is 0 Å². The summed E-state index contributed by atoms with van der Waals surface area (Å²) in [4.78, 5) is 15.3. The number of nitrogens with zero attached hydrogens (tertiary/aromatic N) is 1. The predicted octanol–water partition coefficient (Wildman–Crippen LogP) is 3.05. The third-order valence-corrected chi connectivity index (χ3v) is 5.04. The molecule has 2 rings (SSSR count). The maximum atomic E-state index is 12.4. The summed E-state index contributed by atoms with van der Waals surface area (Å²) >= 11 is 7.40. The van der Waals surface area contributed by atoms with Gasteiger partial charge in [-0.25, -0.2) is 0 Å². The Labute approximate surface area is 129 Å². The molecule has 1 N–H and O–H groups in total. The van der Waals surface area contributed by atoms with Crippen molar-refractivity contribution in [2.75, 3.05) is 13.1 Å². The molecule has 0 radical (unpaired) electrons. The van der Waals surface area contributed by atoms with E-state index < -0.39 is 0 Å². The Balaban J connectivity index is 1.91. The molecule has 0 bridgehead atoms. The molecule has 1 fully saturated rings. The van der Waals surface area contributed by atoms with Crippen molar-refractivity contribution in [2.45, 2.75) is 36.5 Å². The molecule has 3 nitrogen and oxygen atoms in total. The summed E-state index contributed by atoms with van der Waals surface area (Å²) in [5, 5.41) is 10.2. The maximum Gasteiger partial charge on any atom is 0.235 e. The van der Waals surface area contributed by atoms with Crippen LogP contribution in [0.25, 0.3) is 0 Å². The summed E-state index contributed by atoms with van der Waals surface area (Å²) in [6.07, 6.45) is 0.550. The van der Waals surface area contributed by atoms with E-state index in [-0.39, 0.29) is 23.2 Å². The lowest BCUT2D eigenvalue weighted by Gasteiger charge is -2.21. The number of amides is 1. The first-order valence-electron chi connectivity index (χ1n) is 6.86. The van der Waals surface area contributed by atoms with E-state index in [0.717, 1.165) is 17.9 Å². The van der Waals surface area contributed by atoms with Crippen LogP contribution in [-0.2, 0) is 4.79 Å². The molecule has 3 unspecified atom stereocenters. The summed E-state index contributed by atoms with van der Waals surface area (Å²) in [6.45, 7) is 5.14. The predicted molar refractivity (Wildman–Crippen MR) is 83.1 cm³/mol. The van der Waals surface area contributed by atoms with Crippen molar-refractivity contribution >= 4 is 29.3 Å². The summed E-state index contributed by atoms with van der Waals surface area (Å²) in [5.41, 5.74) is 0. The van der Waals surface area contributed by atoms with Gasteiger partial charge in [0.25, 0.3) is 0 Å². The van der Waals surface area contributed by atoms with Crippen LogP contribution in [0.2, 0.25) is 5.02 Å². The second kappa shape index (κ2) is 6.83. The fourth-order valence-corrected chi connectivity index (χ4v) is 3.48. The molecule has 3 atom stereocenters. The normalized spacial score (nSPS) is 21.8. The molecule has 110 valence electrons. The number of aliphatic hydroxyl groups is 1. The third kappa shape index (κ3) is 3.90. The van der Waals surface area contributed by atoms with Gasteiger partial charge in [0.1, 0.15) is 0 Å². The number of rotatable bonds is 4. The highest BCUT2D eigenvalue weighted by Crippen LogP contribution is 2.28. The number of thioether (sulfide) groups is 1. The molecular formula is C15H20ClNO2S. The fourth-order valence-electron chi connectivity index (χ4n) is 2.41. The van der Waals surface area contributed by atoms with Crippen molar-refractivity contribution in [2.24, 2.45) is 5.92 Å². The SMILES string of the molecule is CC(Sc1ccc(Cl)cc1)C(=O)N1CCC(C(C)O)C1. The first-order chi connectivity index (χ1) is 9.47. The van der Waals surface area contributed by atoms with Gasteiger partial charge in [-0.05, 0) is 44.5 Å². The molecule has 1 aliphatic rings.